The molecule has 0 aliphatic heterocycles. The predicted molar refractivity (Wildman–Crippen MR) is 83.2 cm³/mol. The van der Waals surface area contributed by atoms with Crippen LogP contribution in [0.25, 0.3) is 0 Å². The summed E-state index contributed by atoms with van der Waals surface area (Å²) in [5.74, 6) is 0.0735. The molecule has 0 radical (unpaired) electrons. The van der Waals surface area contributed by atoms with Gasteiger partial charge in [-0.25, -0.2) is 4.98 Å². The van der Waals surface area contributed by atoms with Gasteiger partial charge < -0.3 is 5.21 Å². The molecule has 0 aliphatic carbocycles. The Balaban J connectivity index is 2.05. The quantitative estimate of drug-likeness (QED) is 0.348. The number of hydrogen-bond acceptors (Lipinski definition) is 4. The second-order valence-corrected chi connectivity index (χ2v) is 6.96. The number of hydrogen-bond donors (Lipinski definition) is 0. The van der Waals surface area contributed by atoms with Gasteiger partial charge in [0, 0.05) is 17.9 Å². The largest absolute Gasteiger partial charge is 0.618 e. The lowest BCUT2D eigenvalue weighted by Crippen LogP contribution is -1.96. The molecular weight excluding hydrogens is 330 g/mol. The molecule has 0 bridgehead atoms. The molecule has 1 aromatic carbocycles. The lowest BCUT2D eigenvalue weighted by Gasteiger charge is -2.00. The first kappa shape index (κ1) is 16.4. The topological polar surface area (TPSA) is 56.0 Å². The Morgan fingerprint density at radius 3 is 2.77 bits per heavy atom. The minimum Gasteiger partial charge on any atom is -0.618 e. The molecule has 0 saturated carbocycles. The summed E-state index contributed by atoms with van der Waals surface area (Å²) in [6, 6.07) is 8.64. The van der Waals surface area contributed by atoms with Crippen LogP contribution in [0.3, 0.4) is 0 Å². The summed E-state index contributed by atoms with van der Waals surface area (Å²) in [5.41, 5.74) is 0.474. The summed E-state index contributed by atoms with van der Waals surface area (Å²) in [4.78, 5) is 4.52. The van der Waals surface area contributed by atoms with E-state index in [0.29, 0.717) is 19.6 Å². The maximum atomic E-state index is 11.9. The van der Waals surface area contributed by atoms with Crippen LogP contribution in [0.5, 0.6) is 0 Å². The van der Waals surface area contributed by atoms with E-state index >= 15 is 0 Å². The Morgan fingerprint density at radius 2 is 2.09 bits per heavy atom. The number of allylic oxidation sites excluding steroid dienone is 1. The number of benzene rings is 1. The SMILES string of the molecule is O=S(CCC=C(F)F)c1ncc(/C=[N+](\[O-])c2ccccc2)s1. The zero-order chi connectivity index (χ0) is 15.9. The van der Waals surface area contributed by atoms with Crippen LogP contribution >= 0.6 is 11.3 Å². The fourth-order valence-electron chi connectivity index (χ4n) is 1.56. The van der Waals surface area contributed by atoms with E-state index in [1.165, 1.54) is 12.4 Å². The van der Waals surface area contributed by atoms with Gasteiger partial charge >= 0.3 is 0 Å². The van der Waals surface area contributed by atoms with Crippen LogP contribution in [0.2, 0.25) is 0 Å². The third kappa shape index (κ3) is 4.81. The Hall–Kier alpha value is -1.93. The monoisotopic (exact) mass is 342 g/mol. The molecule has 22 heavy (non-hydrogen) atoms. The molecule has 2 rings (SSSR count). The highest BCUT2D eigenvalue weighted by molar-refractivity contribution is 7.87. The number of rotatable bonds is 6. The predicted octanol–water partition coefficient (Wildman–Crippen LogP) is 3.68. The van der Waals surface area contributed by atoms with Crippen molar-refractivity contribution >= 4 is 34.0 Å². The zero-order valence-electron chi connectivity index (χ0n) is 11.3. The van der Waals surface area contributed by atoms with E-state index in [0.717, 1.165) is 17.4 Å². The van der Waals surface area contributed by atoms with Crippen molar-refractivity contribution in [2.45, 2.75) is 10.8 Å². The van der Waals surface area contributed by atoms with E-state index < -0.39 is 16.9 Å². The van der Waals surface area contributed by atoms with E-state index in [9.17, 15) is 18.2 Å². The normalized spacial score (nSPS) is 12.9. The first-order valence-electron chi connectivity index (χ1n) is 6.28. The Kier molecular flexibility index (Phi) is 5.91. The Labute approximate surface area is 132 Å². The van der Waals surface area contributed by atoms with Gasteiger partial charge in [0.1, 0.15) is 4.88 Å². The summed E-state index contributed by atoms with van der Waals surface area (Å²) in [6.45, 7) is 0. The van der Waals surface area contributed by atoms with Crippen LogP contribution in [0.1, 0.15) is 11.3 Å². The van der Waals surface area contributed by atoms with Crippen LogP contribution in [0.4, 0.5) is 14.5 Å². The molecule has 1 aromatic heterocycles. The molecule has 0 N–H and O–H groups in total. The Morgan fingerprint density at radius 1 is 1.36 bits per heavy atom. The molecule has 2 aromatic rings. The van der Waals surface area contributed by atoms with Gasteiger partial charge in [0.2, 0.25) is 5.69 Å². The first-order chi connectivity index (χ1) is 10.6. The van der Waals surface area contributed by atoms with Crippen molar-refractivity contribution in [2.24, 2.45) is 0 Å². The summed E-state index contributed by atoms with van der Waals surface area (Å²) in [6.07, 6.45) is 1.75. The van der Waals surface area contributed by atoms with Crippen LogP contribution < -0.4 is 0 Å². The second-order valence-electron chi connectivity index (χ2n) is 4.15. The van der Waals surface area contributed by atoms with Gasteiger partial charge in [0.25, 0.3) is 6.08 Å². The molecular formula is C14H12F2N2O2S2. The van der Waals surface area contributed by atoms with Crippen molar-refractivity contribution in [2.75, 3.05) is 5.75 Å². The molecule has 1 unspecified atom stereocenters. The minimum absolute atomic E-state index is 0.0191. The van der Waals surface area contributed by atoms with Crippen molar-refractivity contribution in [3.8, 4) is 0 Å². The maximum absolute atomic E-state index is 11.9. The highest BCUT2D eigenvalue weighted by atomic mass is 32.2. The average Bonchev–Trinajstić information content (AvgIpc) is 2.96. The summed E-state index contributed by atoms with van der Waals surface area (Å²) in [7, 11) is -1.45. The third-order valence-corrected chi connectivity index (χ3v) is 5.19. The van der Waals surface area contributed by atoms with Gasteiger partial charge in [0.05, 0.1) is 17.0 Å². The molecule has 0 aliphatic rings. The van der Waals surface area contributed by atoms with E-state index in [2.05, 4.69) is 4.98 Å². The van der Waals surface area contributed by atoms with Crippen molar-refractivity contribution < 1.29 is 17.7 Å². The van der Waals surface area contributed by atoms with Crippen LogP contribution in [-0.4, -0.2) is 25.9 Å². The fourth-order valence-corrected chi connectivity index (χ4v) is 3.71. The van der Waals surface area contributed by atoms with E-state index in [1.807, 2.05) is 0 Å². The molecule has 0 fully saturated rings. The molecule has 4 nitrogen and oxygen atoms in total. The lowest BCUT2D eigenvalue weighted by molar-refractivity contribution is -0.354. The summed E-state index contributed by atoms with van der Waals surface area (Å²) in [5, 5.41) is 11.9. The lowest BCUT2D eigenvalue weighted by atomic mass is 10.3. The van der Waals surface area contributed by atoms with Crippen molar-refractivity contribution in [1.82, 2.24) is 4.98 Å². The maximum Gasteiger partial charge on any atom is 0.266 e. The van der Waals surface area contributed by atoms with Crippen molar-refractivity contribution in [1.29, 1.82) is 0 Å². The molecule has 8 heteroatoms. The first-order valence-corrected chi connectivity index (χ1v) is 8.41. The van der Waals surface area contributed by atoms with Gasteiger partial charge in [-0.15, -0.1) is 0 Å². The molecule has 0 amide bonds. The molecule has 1 atom stereocenters. The fraction of sp³-hybridized carbons (Fsp3) is 0.143. The van der Waals surface area contributed by atoms with E-state index in [-0.39, 0.29) is 12.2 Å². The summed E-state index contributed by atoms with van der Waals surface area (Å²) < 4.78 is 36.7. The number of halogens is 2. The number of nitrogens with zero attached hydrogens (tertiary/aromatic N) is 2. The van der Waals surface area contributed by atoms with Gasteiger partial charge in [-0.05, 0) is 12.5 Å². The number of para-hydroxylation sites is 1. The van der Waals surface area contributed by atoms with Gasteiger partial charge in [-0.2, -0.15) is 13.5 Å². The standard InChI is InChI=1S/C14H12F2N2O2S2/c15-13(16)7-4-8-22(20)14-17-9-12(21-14)10-18(19)11-5-2-1-3-6-11/h1-3,5-7,9-10H,4,8H2/b18-10-. The van der Waals surface area contributed by atoms with Crippen LogP contribution in [-0.2, 0) is 10.8 Å². The Bertz CT molecular complexity index is 711. The van der Waals surface area contributed by atoms with E-state index in [1.54, 1.807) is 30.3 Å². The zero-order valence-corrected chi connectivity index (χ0v) is 12.9. The molecule has 1 heterocycles. The third-order valence-electron chi connectivity index (χ3n) is 2.55. The minimum atomic E-state index is -1.78. The van der Waals surface area contributed by atoms with Gasteiger partial charge in [0.15, 0.2) is 10.6 Å². The van der Waals surface area contributed by atoms with E-state index in [4.69, 9.17) is 0 Å². The van der Waals surface area contributed by atoms with Crippen LogP contribution in [0, 0.1) is 5.21 Å². The van der Waals surface area contributed by atoms with Gasteiger partial charge in [-0.1, -0.05) is 29.5 Å². The molecule has 0 spiro atoms. The smallest absolute Gasteiger partial charge is 0.266 e. The highest BCUT2D eigenvalue weighted by Crippen LogP contribution is 2.17. The van der Waals surface area contributed by atoms with Crippen molar-refractivity contribution in [3.05, 3.63) is 58.8 Å². The summed E-state index contributed by atoms with van der Waals surface area (Å²) >= 11 is 1.11. The average molecular weight is 342 g/mol. The van der Waals surface area contributed by atoms with Gasteiger partial charge in [-0.3, -0.25) is 4.21 Å². The number of thiazole rings is 1. The number of aromatic nitrogens is 1. The second kappa shape index (κ2) is 7.90. The van der Waals surface area contributed by atoms with Crippen LogP contribution in [0.15, 0.2) is 53.0 Å². The van der Waals surface area contributed by atoms with Crippen molar-refractivity contribution in [3.63, 3.8) is 0 Å². The molecule has 116 valence electrons. The molecule has 0 saturated heterocycles. The highest BCUT2D eigenvalue weighted by Gasteiger charge is 2.10.